The summed E-state index contributed by atoms with van der Waals surface area (Å²) in [5.41, 5.74) is 0.732. The number of nitro groups is 1. The largest absolute Gasteiger partial charge is 0.385 e. The third-order valence-corrected chi connectivity index (χ3v) is 5.08. The number of fused-ring (bicyclic) bond motifs is 1. The Morgan fingerprint density at radius 1 is 1.04 bits per heavy atom. The highest BCUT2D eigenvalue weighted by molar-refractivity contribution is 5.84. The number of rotatable bonds is 3. The number of piperidine rings is 1. The van der Waals surface area contributed by atoms with Crippen molar-refractivity contribution in [3.8, 4) is 0 Å². The number of aliphatic hydroxyl groups is 1. The molecule has 1 fully saturated rings. The first-order valence-corrected chi connectivity index (χ1v) is 8.64. The highest BCUT2D eigenvalue weighted by Gasteiger charge is 2.36. The highest BCUT2D eigenvalue weighted by atomic mass is 16.6. The zero-order valence-corrected chi connectivity index (χ0v) is 14.2. The number of hydrogen-bond acceptors (Lipinski definition) is 5. The maximum Gasteiger partial charge on any atom is 0.312 e. The molecule has 0 radical (unpaired) electrons. The molecule has 3 aromatic rings. The molecule has 0 bridgehead atoms. The van der Waals surface area contributed by atoms with Crippen molar-refractivity contribution < 1.29 is 10.0 Å². The fraction of sp³-hybridized carbons (Fsp3) is 0.250. The third-order valence-electron chi connectivity index (χ3n) is 5.08. The lowest BCUT2D eigenvalue weighted by molar-refractivity contribution is -0.384. The van der Waals surface area contributed by atoms with Crippen molar-refractivity contribution in [3.63, 3.8) is 0 Å². The second-order valence-corrected chi connectivity index (χ2v) is 6.67. The molecule has 0 aliphatic carbocycles. The van der Waals surface area contributed by atoms with Gasteiger partial charge in [-0.05, 0) is 24.5 Å². The van der Waals surface area contributed by atoms with Crippen LogP contribution < -0.4 is 4.90 Å². The van der Waals surface area contributed by atoms with Crippen molar-refractivity contribution in [1.82, 2.24) is 4.98 Å². The predicted octanol–water partition coefficient (Wildman–Crippen LogP) is 3.63. The summed E-state index contributed by atoms with van der Waals surface area (Å²) in [4.78, 5) is 17.6. The monoisotopic (exact) mass is 349 g/mol. The number of anilines is 1. The minimum Gasteiger partial charge on any atom is -0.385 e. The molecule has 1 aromatic heterocycles. The van der Waals surface area contributed by atoms with Crippen LogP contribution in [-0.2, 0) is 5.60 Å². The number of benzene rings is 2. The zero-order chi connectivity index (χ0) is 18.1. The molecule has 0 spiro atoms. The minimum atomic E-state index is -0.899. The number of hydrogen-bond donors (Lipinski definition) is 1. The molecule has 4 rings (SSSR count). The topological polar surface area (TPSA) is 79.5 Å². The highest BCUT2D eigenvalue weighted by Crippen LogP contribution is 2.37. The van der Waals surface area contributed by atoms with Gasteiger partial charge in [0, 0.05) is 24.5 Å². The summed E-state index contributed by atoms with van der Waals surface area (Å²) in [5, 5.41) is 23.3. The van der Waals surface area contributed by atoms with Crippen LogP contribution in [0.1, 0.15) is 18.4 Å². The molecule has 2 heterocycles. The Balaban J connectivity index is 1.65. The molecular formula is C20H19N3O3. The van der Waals surface area contributed by atoms with Crippen LogP contribution in [0, 0.1) is 10.1 Å². The predicted molar refractivity (Wildman–Crippen MR) is 100 cm³/mol. The smallest absolute Gasteiger partial charge is 0.312 e. The van der Waals surface area contributed by atoms with Gasteiger partial charge in [0.1, 0.15) is 0 Å². The summed E-state index contributed by atoms with van der Waals surface area (Å²) in [5.74, 6) is 0.379. The van der Waals surface area contributed by atoms with Gasteiger partial charge in [0.05, 0.1) is 16.0 Å². The van der Waals surface area contributed by atoms with Crippen molar-refractivity contribution in [2.75, 3.05) is 18.0 Å². The maximum absolute atomic E-state index is 11.5. The van der Waals surface area contributed by atoms with Gasteiger partial charge in [-0.3, -0.25) is 10.1 Å². The van der Waals surface area contributed by atoms with E-state index in [1.165, 1.54) is 0 Å². The molecule has 0 saturated carbocycles. The molecular weight excluding hydrogens is 330 g/mol. The van der Waals surface area contributed by atoms with E-state index >= 15 is 0 Å². The second kappa shape index (κ2) is 6.38. The number of nitrogens with zero attached hydrogens (tertiary/aromatic N) is 3. The van der Waals surface area contributed by atoms with E-state index in [9.17, 15) is 15.2 Å². The summed E-state index contributed by atoms with van der Waals surface area (Å²) >= 11 is 0. The van der Waals surface area contributed by atoms with E-state index in [4.69, 9.17) is 0 Å². The van der Waals surface area contributed by atoms with Crippen LogP contribution in [0.4, 0.5) is 11.5 Å². The van der Waals surface area contributed by atoms with E-state index in [1.54, 1.807) is 6.07 Å². The Labute approximate surface area is 150 Å². The van der Waals surface area contributed by atoms with E-state index in [-0.39, 0.29) is 10.6 Å². The Morgan fingerprint density at radius 3 is 2.38 bits per heavy atom. The van der Waals surface area contributed by atoms with E-state index in [0.29, 0.717) is 31.7 Å². The normalized spacial score (nSPS) is 16.6. The van der Waals surface area contributed by atoms with Crippen LogP contribution in [0.15, 0.2) is 60.7 Å². The van der Waals surface area contributed by atoms with E-state index < -0.39 is 5.60 Å². The van der Waals surface area contributed by atoms with Gasteiger partial charge in [0.2, 0.25) is 5.82 Å². The first-order chi connectivity index (χ1) is 12.6. The third kappa shape index (κ3) is 2.88. The van der Waals surface area contributed by atoms with Crippen molar-refractivity contribution in [3.05, 3.63) is 76.3 Å². The van der Waals surface area contributed by atoms with Crippen molar-refractivity contribution in [2.24, 2.45) is 0 Å². The summed E-state index contributed by atoms with van der Waals surface area (Å²) in [6, 6.07) is 18.6. The minimum absolute atomic E-state index is 0.00820. The number of pyridine rings is 1. The van der Waals surface area contributed by atoms with Gasteiger partial charge in [0.15, 0.2) is 0 Å². The van der Waals surface area contributed by atoms with Crippen LogP contribution in [-0.4, -0.2) is 28.1 Å². The van der Waals surface area contributed by atoms with Gasteiger partial charge in [-0.2, -0.15) is 0 Å². The molecule has 1 N–H and O–H groups in total. The van der Waals surface area contributed by atoms with Crippen LogP contribution >= 0.6 is 0 Å². The maximum atomic E-state index is 11.5. The van der Waals surface area contributed by atoms with Gasteiger partial charge in [-0.15, -0.1) is 0 Å². The average molecular weight is 349 g/mol. The average Bonchev–Trinajstić information content (AvgIpc) is 2.68. The SMILES string of the molecule is O=[N+]([O-])c1cc2ccccc2nc1N1CCC(O)(c2ccccc2)CC1. The fourth-order valence-electron chi connectivity index (χ4n) is 3.59. The number of para-hydroxylation sites is 1. The Hall–Kier alpha value is -2.99. The van der Waals surface area contributed by atoms with Gasteiger partial charge in [-0.1, -0.05) is 48.5 Å². The van der Waals surface area contributed by atoms with E-state index in [2.05, 4.69) is 4.98 Å². The van der Waals surface area contributed by atoms with Crippen LogP contribution in [0.25, 0.3) is 10.9 Å². The Bertz CT molecular complexity index is 951. The molecule has 2 aromatic carbocycles. The molecule has 132 valence electrons. The second-order valence-electron chi connectivity index (χ2n) is 6.67. The zero-order valence-electron chi connectivity index (χ0n) is 14.2. The lowest BCUT2D eigenvalue weighted by atomic mass is 9.84. The molecule has 6 heteroatoms. The van der Waals surface area contributed by atoms with Gasteiger partial charge < -0.3 is 10.0 Å². The van der Waals surface area contributed by atoms with Crippen LogP contribution in [0.5, 0.6) is 0 Å². The first kappa shape index (κ1) is 16.5. The van der Waals surface area contributed by atoms with E-state index in [1.807, 2.05) is 59.5 Å². The molecule has 26 heavy (non-hydrogen) atoms. The fourth-order valence-corrected chi connectivity index (χ4v) is 3.59. The molecule has 0 atom stereocenters. The quantitative estimate of drug-likeness (QED) is 0.577. The lowest BCUT2D eigenvalue weighted by Crippen LogP contribution is -2.43. The molecule has 6 nitrogen and oxygen atoms in total. The Morgan fingerprint density at radius 2 is 1.69 bits per heavy atom. The summed E-state index contributed by atoms with van der Waals surface area (Å²) in [6.07, 6.45) is 1.01. The summed E-state index contributed by atoms with van der Waals surface area (Å²) < 4.78 is 0. The van der Waals surface area contributed by atoms with Crippen LogP contribution in [0.2, 0.25) is 0 Å². The molecule has 0 unspecified atom stereocenters. The molecule has 1 aliphatic heterocycles. The van der Waals surface area contributed by atoms with Gasteiger partial charge in [-0.25, -0.2) is 4.98 Å². The van der Waals surface area contributed by atoms with Crippen molar-refractivity contribution >= 4 is 22.4 Å². The van der Waals surface area contributed by atoms with E-state index in [0.717, 1.165) is 16.5 Å². The molecule has 0 amide bonds. The van der Waals surface area contributed by atoms with Gasteiger partial charge >= 0.3 is 5.69 Å². The van der Waals surface area contributed by atoms with Crippen LogP contribution in [0.3, 0.4) is 0 Å². The van der Waals surface area contributed by atoms with Crippen molar-refractivity contribution in [2.45, 2.75) is 18.4 Å². The molecule has 1 aliphatic rings. The van der Waals surface area contributed by atoms with Crippen molar-refractivity contribution in [1.29, 1.82) is 0 Å². The number of aromatic nitrogens is 1. The summed E-state index contributed by atoms with van der Waals surface area (Å²) in [7, 11) is 0. The standard InChI is InChI=1S/C20H19N3O3/c24-20(16-7-2-1-3-8-16)10-12-22(13-11-20)19-18(23(25)26)14-15-6-4-5-9-17(15)21-19/h1-9,14,24H,10-13H2. The lowest BCUT2D eigenvalue weighted by Gasteiger charge is -2.38. The summed E-state index contributed by atoms with van der Waals surface area (Å²) in [6.45, 7) is 1.02. The Kier molecular flexibility index (Phi) is 4.05. The van der Waals surface area contributed by atoms with Gasteiger partial charge in [0.25, 0.3) is 0 Å². The first-order valence-electron chi connectivity index (χ1n) is 8.64. The molecule has 1 saturated heterocycles.